The quantitative estimate of drug-likeness (QED) is 0.857. The second-order valence-electron chi connectivity index (χ2n) is 4.64. The Kier molecular flexibility index (Phi) is 5.92. The lowest BCUT2D eigenvalue weighted by molar-refractivity contribution is -0.136. The standard InChI is InChI=1S/C13H19N3O2.CH4/c14-11(12(17)10-4-6-15-7-5-10)13(18)16-8-2-1-3-9-16;/h4-7,11-12,17H,1-3,8-9,14H2;1H4/t11-,12+;/m1./s1. The number of carbonyl (C=O) groups is 1. The lowest BCUT2D eigenvalue weighted by Crippen LogP contribution is -2.48. The van der Waals surface area contributed by atoms with Crippen LogP contribution in [-0.2, 0) is 4.79 Å². The Labute approximate surface area is 114 Å². The van der Waals surface area contributed by atoms with Crippen molar-refractivity contribution in [3.8, 4) is 0 Å². The molecular formula is C14H23N3O2. The van der Waals surface area contributed by atoms with Crippen molar-refractivity contribution < 1.29 is 9.90 Å². The first-order valence-corrected chi connectivity index (χ1v) is 6.32. The van der Waals surface area contributed by atoms with Crippen molar-refractivity contribution in [2.24, 2.45) is 5.73 Å². The second-order valence-corrected chi connectivity index (χ2v) is 4.64. The highest BCUT2D eigenvalue weighted by Crippen LogP contribution is 2.18. The van der Waals surface area contributed by atoms with Crippen molar-refractivity contribution in [3.63, 3.8) is 0 Å². The van der Waals surface area contributed by atoms with Gasteiger partial charge in [0.1, 0.15) is 12.1 Å². The Bertz CT molecular complexity index is 391. The van der Waals surface area contributed by atoms with Gasteiger partial charge in [0.05, 0.1) is 0 Å². The van der Waals surface area contributed by atoms with Crippen LogP contribution in [0.15, 0.2) is 24.5 Å². The van der Waals surface area contributed by atoms with E-state index in [0.29, 0.717) is 5.56 Å². The first-order valence-electron chi connectivity index (χ1n) is 6.32. The molecular weight excluding hydrogens is 242 g/mol. The summed E-state index contributed by atoms with van der Waals surface area (Å²) in [5.41, 5.74) is 6.49. The van der Waals surface area contributed by atoms with Gasteiger partial charge in [-0.15, -0.1) is 0 Å². The van der Waals surface area contributed by atoms with Crippen molar-refractivity contribution in [3.05, 3.63) is 30.1 Å². The van der Waals surface area contributed by atoms with Crippen molar-refractivity contribution in [1.82, 2.24) is 9.88 Å². The average Bonchev–Trinajstić information content (AvgIpc) is 2.47. The predicted octanol–water partition coefficient (Wildman–Crippen LogP) is 1.09. The molecule has 2 rings (SSSR count). The summed E-state index contributed by atoms with van der Waals surface area (Å²) in [5.74, 6) is -0.168. The molecule has 2 heterocycles. The smallest absolute Gasteiger partial charge is 0.242 e. The summed E-state index contributed by atoms with van der Waals surface area (Å²) in [4.78, 5) is 17.8. The summed E-state index contributed by atoms with van der Waals surface area (Å²) in [6, 6.07) is 2.45. The van der Waals surface area contributed by atoms with E-state index in [1.165, 1.54) is 0 Å². The molecule has 0 aromatic carbocycles. The van der Waals surface area contributed by atoms with E-state index in [9.17, 15) is 9.90 Å². The molecule has 2 atom stereocenters. The van der Waals surface area contributed by atoms with Crippen molar-refractivity contribution in [2.75, 3.05) is 13.1 Å². The van der Waals surface area contributed by atoms with Crippen molar-refractivity contribution >= 4 is 5.91 Å². The van der Waals surface area contributed by atoms with Crippen LogP contribution in [-0.4, -0.2) is 40.0 Å². The minimum Gasteiger partial charge on any atom is -0.386 e. The highest BCUT2D eigenvalue weighted by molar-refractivity contribution is 5.82. The van der Waals surface area contributed by atoms with E-state index in [0.717, 1.165) is 32.4 Å². The number of hydrogen-bond donors (Lipinski definition) is 2. The number of pyridine rings is 1. The highest BCUT2D eigenvalue weighted by Gasteiger charge is 2.28. The van der Waals surface area contributed by atoms with Crippen LogP contribution in [0.5, 0.6) is 0 Å². The fraction of sp³-hybridized carbons (Fsp3) is 0.571. The minimum atomic E-state index is -0.970. The SMILES string of the molecule is C.N[C@@H](C(=O)N1CCCCC1)[C@@H](O)c1ccncc1. The zero-order valence-corrected chi connectivity index (χ0v) is 10.3. The third kappa shape index (κ3) is 3.75. The number of amides is 1. The van der Waals surface area contributed by atoms with Crippen molar-refractivity contribution in [1.29, 1.82) is 0 Å². The van der Waals surface area contributed by atoms with Crippen LogP contribution >= 0.6 is 0 Å². The Balaban J connectivity index is 0.00000180. The van der Waals surface area contributed by atoms with E-state index in [1.807, 2.05) is 0 Å². The molecule has 1 aromatic rings. The van der Waals surface area contributed by atoms with Crippen LogP contribution in [0, 0.1) is 0 Å². The molecule has 1 aliphatic rings. The van der Waals surface area contributed by atoms with Crippen molar-refractivity contribution in [2.45, 2.75) is 38.8 Å². The summed E-state index contributed by atoms with van der Waals surface area (Å²) in [7, 11) is 0. The fourth-order valence-corrected chi connectivity index (χ4v) is 2.23. The van der Waals surface area contributed by atoms with Crippen LogP contribution in [0.3, 0.4) is 0 Å². The topological polar surface area (TPSA) is 79.5 Å². The number of carbonyl (C=O) groups excluding carboxylic acids is 1. The molecule has 1 aromatic heterocycles. The monoisotopic (exact) mass is 265 g/mol. The van der Waals surface area contributed by atoms with E-state index >= 15 is 0 Å². The Morgan fingerprint density at radius 3 is 2.42 bits per heavy atom. The van der Waals surface area contributed by atoms with E-state index in [2.05, 4.69) is 4.98 Å². The van der Waals surface area contributed by atoms with Crippen LogP contribution in [0.1, 0.15) is 38.4 Å². The first-order chi connectivity index (χ1) is 8.70. The third-order valence-corrected chi connectivity index (χ3v) is 3.34. The summed E-state index contributed by atoms with van der Waals surface area (Å²) < 4.78 is 0. The molecule has 0 aliphatic carbocycles. The maximum absolute atomic E-state index is 12.1. The lowest BCUT2D eigenvalue weighted by Gasteiger charge is -2.30. The molecule has 0 bridgehead atoms. The minimum absolute atomic E-state index is 0. The summed E-state index contributed by atoms with van der Waals surface area (Å²) in [6.45, 7) is 1.49. The predicted molar refractivity (Wildman–Crippen MR) is 74.3 cm³/mol. The van der Waals surface area contributed by atoms with Crippen LogP contribution in [0.25, 0.3) is 0 Å². The fourth-order valence-electron chi connectivity index (χ4n) is 2.23. The lowest BCUT2D eigenvalue weighted by atomic mass is 10.0. The molecule has 1 fully saturated rings. The Hall–Kier alpha value is -1.46. The van der Waals surface area contributed by atoms with Gasteiger partial charge >= 0.3 is 0 Å². The van der Waals surface area contributed by atoms with Gasteiger partial charge in [-0.05, 0) is 37.0 Å². The number of nitrogens with zero attached hydrogens (tertiary/aromatic N) is 2. The zero-order chi connectivity index (χ0) is 13.0. The number of aromatic nitrogens is 1. The van der Waals surface area contributed by atoms with Gasteiger partial charge in [0.15, 0.2) is 0 Å². The van der Waals surface area contributed by atoms with Gasteiger partial charge in [0.25, 0.3) is 0 Å². The molecule has 0 unspecified atom stereocenters. The van der Waals surface area contributed by atoms with Gasteiger partial charge in [0.2, 0.25) is 5.91 Å². The number of hydrogen-bond acceptors (Lipinski definition) is 4. The molecule has 1 saturated heterocycles. The van der Waals surface area contributed by atoms with Crippen LogP contribution < -0.4 is 5.73 Å². The number of rotatable bonds is 3. The molecule has 19 heavy (non-hydrogen) atoms. The zero-order valence-electron chi connectivity index (χ0n) is 10.3. The van der Waals surface area contributed by atoms with E-state index in [1.54, 1.807) is 29.4 Å². The van der Waals surface area contributed by atoms with Crippen LogP contribution in [0.2, 0.25) is 0 Å². The number of aliphatic hydroxyl groups is 1. The van der Waals surface area contributed by atoms with Gasteiger partial charge in [-0.1, -0.05) is 7.43 Å². The maximum atomic E-state index is 12.1. The molecule has 106 valence electrons. The molecule has 0 saturated carbocycles. The maximum Gasteiger partial charge on any atom is 0.242 e. The Morgan fingerprint density at radius 1 is 1.26 bits per heavy atom. The largest absolute Gasteiger partial charge is 0.386 e. The van der Waals surface area contributed by atoms with Gasteiger partial charge in [0, 0.05) is 25.5 Å². The Morgan fingerprint density at radius 2 is 1.84 bits per heavy atom. The number of likely N-dealkylation sites (tertiary alicyclic amines) is 1. The molecule has 1 aliphatic heterocycles. The second kappa shape index (κ2) is 7.21. The molecule has 1 amide bonds. The number of piperidine rings is 1. The molecule has 5 heteroatoms. The normalized spacial score (nSPS) is 18.3. The summed E-state index contributed by atoms with van der Waals surface area (Å²) in [6.07, 6.45) is 5.38. The highest BCUT2D eigenvalue weighted by atomic mass is 16.3. The van der Waals surface area contributed by atoms with Gasteiger partial charge in [-0.25, -0.2) is 0 Å². The van der Waals surface area contributed by atoms with E-state index < -0.39 is 12.1 Å². The van der Waals surface area contributed by atoms with Gasteiger partial charge in [-0.2, -0.15) is 0 Å². The third-order valence-electron chi connectivity index (χ3n) is 3.34. The summed E-state index contributed by atoms with van der Waals surface area (Å²) in [5, 5.41) is 10.1. The number of aliphatic hydroxyl groups excluding tert-OH is 1. The van der Waals surface area contributed by atoms with E-state index in [4.69, 9.17) is 5.73 Å². The van der Waals surface area contributed by atoms with E-state index in [-0.39, 0.29) is 13.3 Å². The molecule has 0 radical (unpaired) electrons. The molecule has 5 nitrogen and oxygen atoms in total. The van der Waals surface area contributed by atoms with Crippen LogP contribution in [0.4, 0.5) is 0 Å². The molecule has 3 N–H and O–H groups in total. The first kappa shape index (κ1) is 15.6. The number of nitrogens with two attached hydrogens (primary N) is 1. The molecule has 0 spiro atoms. The van der Waals surface area contributed by atoms with Gasteiger partial charge < -0.3 is 15.7 Å². The van der Waals surface area contributed by atoms with Gasteiger partial charge in [-0.3, -0.25) is 9.78 Å². The summed E-state index contributed by atoms with van der Waals surface area (Å²) >= 11 is 0. The average molecular weight is 265 g/mol.